The zero-order chi connectivity index (χ0) is 18.6. The molecule has 0 saturated carbocycles. The van der Waals surface area contributed by atoms with E-state index in [2.05, 4.69) is 0 Å². The molecule has 0 N–H and O–H groups in total. The molecule has 5 heteroatoms. The number of methoxy groups -OCH3 is 3. The maximum absolute atomic E-state index is 7.57. The van der Waals surface area contributed by atoms with Gasteiger partial charge in [0.05, 0.1) is 21.3 Å². The van der Waals surface area contributed by atoms with Crippen LogP contribution >= 0.6 is 11.1 Å². The van der Waals surface area contributed by atoms with Crippen molar-refractivity contribution in [1.82, 2.24) is 0 Å². The smallest absolute Gasteiger partial charge is 0.258 e. The van der Waals surface area contributed by atoms with Crippen molar-refractivity contribution in [3.63, 3.8) is 0 Å². The number of benzene rings is 3. The monoisotopic (exact) mass is 384 g/mol. The highest BCUT2D eigenvalue weighted by Gasteiger charge is 2.44. The van der Waals surface area contributed by atoms with E-state index in [0.29, 0.717) is 0 Å². The average Bonchev–Trinajstić information content (AvgIpc) is 2.73. The molecule has 0 unspecified atom stereocenters. The predicted molar refractivity (Wildman–Crippen MR) is 109 cm³/mol. The zero-order valence-electron chi connectivity index (χ0n) is 15.0. The van der Waals surface area contributed by atoms with E-state index in [-0.39, 0.29) is 0 Å². The molecule has 0 spiro atoms. The third-order valence-corrected chi connectivity index (χ3v) is 9.73. The van der Waals surface area contributed by atoms with Crippen LogP contribution in [0.4, 0.5) is 0 Å². The van der Waals surface area contributed by atoms with Crippen molar-refractivity contribution in [3.05, 3.63) is 72.8 Å². The predicted octanol–water partition coefficient (Wildman–Crippen LogP) is 2.92. The summed E-state index contributed by atoms with van der Waals surface area (Å²) >= 11 is 7.57. The van der Waals surface area contributed by atoms with Crippen LogP contribution in [0, 0.1) is 0 Å². The SMILES string of the molecule is COc1ccccc1[Si](Cl)(c1ccccc1OC)c1ccccc1OC. The summed E-state index contributed by atoms with van der Waals surface area (Å²) in [6.45, 7) is 0. The topological polar surface area (TPSA) is 27.7 Å². The second-order valence-corrected chi connectivity index (χ2v) is 10.4. The van der Waals surface area contributed by atoms with E-state index in [1.165, 1.54) is 0 Å². The zero-order valence-corrected chi connectivity index (χ0v) is 16.8. The molecule has 0 aliphatic heterocycles. The van der Waals surface area contributed by atoms with Crippen molar-refractivity contribution in [1.29, 1.82) is 0 Å². The number of hydrogen-bond donors (Lipinski definition) is 0. The number of halogens is 1. The molecule has 0 atom stereocenters. The van der Waals surface area contributed by atoms with Crippen molar-refractivity contribution in [3.8, 4) is 17.2 Å². The molecular formula is C21H21ClO3Si. The third kappa shape index (κ3) is 3.06. The standard InChI is InChI=1S/C21H21ClO3Si/c1-23-16-10-4-7-13-19(16)26(22,20-14-8-5-11-17(20)24-2)21-15-9-6-12-18(21)25-3/h4-15H,1-3H3. The van der Waals surface area contributed by atoms with E-state index in [1.54, 1.807) is 21.3 Å². The molecule has 0 aromatic heterocycles. The maximum Gasteiger partial charge on any atom is 0.258 e. The Morgan fingerprint density at radius 2 is 0.808 bits per heavy atom. The van der Waals surface area contributed by atoms with Crippen molar-refractivity contribution >= 4 is 34.0 Å². The first kappa shape index (κ1) is 18.4. The van der Waals surface area contributed by atoms with E-state index in [0.717, 1.165) is 32.8 Å². The number of hydrogen-bond acceptors (Lipinski definition) is 3. The number of rotatable bonds is 6. The fourth-order valence-corrected chi connectivity index (χ4v) is 8.05. The lowest BCUT2D eigenvalue weighted by atomic mass is 10.3. The van der Waals surface area contributed by atoms with Crippen LogP contribution in [0.5, 0.6) is 17.2 Å². The van der Waals surface area contributed by atoms with Gasteiger partial charge in [0.15, 0.2) is 0 Å². The Morgan fingerprint density at radius 3 is 1.08 bits per heavy atom. The van der Waals surface area contributed by atoms with Crippen LogP contribution in [0.15, 0.2) is 72.8 Å². The van der Waals surface area contributed by atoms with Gasteiger partial charge in [0.1, 0.15) is 17.2 Å². The summed E-state index contributed by atoms with van der Waals surface area (Å²) in [6, 6.07) is 23.6. The Morgan fingerprint density at radius 1 is 0.538 bits per heavy atom. The summed E-state index contributed by atoms with van der Waals surface area (Å²) < 4.78 is 17.0. The molecule has 3 aromatic rings. The Kier molecular flexibility index (Phi) is 5.54. The second-order valence-electron chi connectivity index (χ2n) is 5.76. The van der Waals surface area contributed by atoms with Crippen LogP contribution in [0.3, 0.4) is 0 Å². The van der Waals surface area contributed by atoms with Crippen molar-refractivity contribution in [2.24, 2.45) is 0 Å². The van der Waals surface area contributed by atoms with Gasteiger partial charge in [-0.15, -0.1) is 11.1 Å². The van der Waals surface area contributed by atoms with Gasteiger partial charge in [-0.2, -0.15) is 0 Å². The lowest BCUT2D eigenvalue weighted by Crippen LogP contribution is -2.63. The van der Waals surface area contributed by atoms with Gasteiger partial charge in [-0.3, -0.25) is 0 Å². The molecule has 0 aliphatic rings. The molecule has 0 saturated heterocycles. The maximum atomic E-state index is 7.57. The van der Waals surface area contributed by atoms with Gasteiger partial charge in [-0.25, -0.2) is 0 Å². The molecule has 0 fully saturated rings. The lowest BCUT2D eigenvalue weighted by molar-refractivity contribution is 0.416. The van der Waals surface area contributed by atoms with Gasteiger partial charge in [-0.05, 0) is 18.2 Å². The van der Waals surface area contributed by atoms with E-state index in [4.69, 9.17) is 25.3 Å². The van der Waals surface area contributed by atoms with Crippen LogP contribution < -0.4 is 29.8 Å². The average molecular weight is 385 g/mol. The molecule has 134 valence electrons. The second kappa shape index (κ2) is 7.85. The molecule has 0 heterocycles. The lowest BCUT2D eigenvalue weighted by Gasteiger charge is -2.30. The quantitative estimate of drug-likeness (QED) is 0.371. The summed E-state index contributed by atoms with van der Waals surface area (Å²) in [6.07, 6.45) is 0. The third-order valence-electron chi connectivity index (χ3n) is 4.43. The Bertz CT molecular complexity index is 782. The van der Waals surface area contributed by atoms with Crippen molar-refractivity contribution < 1.29 is 14.2 Å². The molecule has 0 aliphatic carbocycles. The minimum absolute atomic E-state index is 0.756. The molecule has 0 amide bonds. The largest absolute Gasteiger partial charge is 0.497 e. The van der Waals surface area contributed by atoms with Crippen LogP contribution in [0.2, 0.25) is 0 Å². The summed E-state index contributed by atoms with van der Waals surface area (Å²) in [5.41, 5.74) is 0. The number of ether oxygens (including phenoxy) is 3. The molecule has 3 nitrogen and oxygen atoms in total. The Labute approximate surface area is 159 Å². The van der Waals surface area contributed by atoms with Gasteiger partial charge in [0.25, 0.3) is 7.38 Å². The summed E-state index contributed by atoms with van der Waals surface area (Å²) in [4.78, 5) is 0. The Hall–Kier alpha value is -2.43. The molecule has 3 rings (SSSR count). The highest BCUT2D eigenvalue weighted by molar-refractivity contribution is 7.41. The Balaban J connectivity index is 2.40. The fourth-order valence-electron chi connectivity index (χ4n) is 3.22. The van der Waals surface area contributed by atoms with E-state index >= 15 is 0 Å². The van der Waals surface area contributed by atoms with Gasteiger partial charge >= 0.3 is 0 Å². The molecule has 26 heavy (non-hydrogen) atoms. The molecule has 0 radical (unpaired) electrons. The van der Waals surface area contributed by atoms with E-state index in [9.17, 15) is 0 Å². The fraction of sp³-hybridized carbons (Fsp3) is 0.143. The summed E-state index contributed by atoms with van der Waals surface area (Å²) in [7, 11) is 2.01. The normalized spacial score (nSPS) is 11.1. The molecule has 3 aromatic carbocycles. The minimum Gasteiger partial charge on any atom is -0.497 e. The summed E-state index contributed by atoms with van der Waals surface area (Å²) in [5, 5.41) is 2.87. The first-order chi connectivity index (χ1) is 12.7. The highest BCUT2D eigenvalue weighted by atomic mass is 35.6. The van der Waals surface area contributed by atoms with Crippen LogP contribution in [-0.4, -0.2) is 28.7 Å². The van der Waals surface area contributed by atoms with Crippen molar-refractivity contribution in [2.45, 2.75) is 0 Å². The van der Waals surface area contributed by atoms with Gasteiger partial charge < -0.3 is 14.2 Å². The van der Waals surface area contributed by atoms with Gasteiger partial charge in [0, 0.05) is 15.6 Å². The van der Waals surface area contributed by atoms with Crippen molar-refractivity contribution in [2.75, 3.05) is 21.3 Å². The summed E-state index contributed by atoms with van der Waals surface area (Å²) in [5.74, 6) is 2.27. The molecule has 0 bridgehead atoms. The van der Waals surface area contributed by atoms with Crippen LogP contribution in [0.1, 0.15) is 0 Å². The first-order valence-electron chi connectivity index (χ1n) is 8.26. The molecular weight excluding hydrogens is 364 g/mol. The minimum atomic E-state index is -2.98. The number of para-hydroxylation sites is 3. The highest BCUT2D eigenvalue weighted by Crippen LogP contribution is 2.25. The van der Waals surface area contributed by atoms with Gasteiger partial charge in [0.2, 0.25) is 0 Å². The van der Waals surface area contributed by atoms with E-state index in [1.807, 2.05) is 72.8 Å². The van der Waals surface area contributed by atoms with E-state index < -0.39 is 7.38 Å². The van der Waals surface area contributed by atoms with Crippen LogP contribution in [-0.2, 0) is 0 Å². The first-order valence-corrected chi connectivity index (χ1v) is 11.3. The van der Waals surface area contributed by atoms with Crippen LogP contribution in [0.25, 0.3) is 0 Å². The van der Waals surface area contributed by atoms with Gasteiger partial charge in [-0.1, -0.05) is 54.6 Å².